The molecule has 0 radical (unpaired) electrons. The molecule has 2 aromatic rings. The Bertz CT molecular complexity index is 655. The van der Waals surface area contributed by atoms with E-state index in [2.05, 4.69) is 0 Å². The monoisotopic (exact) mass is 256 g/mol. The molecule has 0 aromatic heterocycles. The molecular weight excluding hydrogens is 252 g/mol. The topological polar surface area (TPSA) is 18.5 Å². The van der Waals surface area contributed by atoms with Crippen LogP contribution in [0.2, 0.25) is 0 Å². The van der Waals surface area contributed by atoms with Crippen molar-refractivity contribution in [2.24, 2.45) is 0 Å². The third kappa shape index (κ3) is 1.42. The van der Waals surface area contributed by atoms with Gasteiger partial charge in [0.25, 0.3) is 0 Å². The van der Waals surface area contributed by atoms with Gasteiger partial charge in [-0.3, -0.25) is 0 Å². The Labute approximate surface area is 98.4 Å². The molecule has 0 saturated heterocycles. The van der Waals surface area contributed by atoms with Gasteiger partial charge in [0.05, 0.1) is 0 Å². The van der Waals surface area contributed by atoms with Gasteiger partial charge in [0, 0.05) is 6.07 Å². The molecule has 18 heavy (non-hydrogen) atoms. The fourth-order valence-corrected chi connectivity index (χ4v) is 1.62. The van der Waals surface area contributed by atoms with Crippen molar-refractivity contribution in [1.82, 2.24) is 0 Å². The quantitative estimate of drug-likeness (QED) is 0.444. The van der Waals surface area contributed by atoms with E-state index >= 15 is 0 Å². The van der Waals surface area contributed by atoms with Crippen LogP contribution in [0.25, 0.3) is 0 Å². The third-order valence-corrected chi connectivity index (χ3v) is 2.44. The van der Waals surface area contributed by atoms with Crippen molar-refractivity contribution in [1.29, 1.82) is 0 Å². The minimum atomic E-state index is -1.70. The first-order valence-corrected chi connectivity index (χ1v) is 4.89. The number of ether oxygens (including phenoxy) is 2. The molecule has 0 amide bonds. The second-order valence-electron chi connectivity index (χ2n) is 3.58. The van der Waals surface area contributed by atoms with Crippen molar-refractivity contribution in [2.75, 3.05) is 0 Å². The maximum Gasteiger partial charge on any atom is 0.209 e. The van der Waals surface area contributed by atoms with Gasteiger partial charge in [0.15, 0.2) is 29.0 Å². The van der Waals surface area contributed by atoms with E-state index in [1.54, 1.807) is 0 Å². The Balaban J connectivity index is 2.20. The Hall–Kier alpha value is -2.24. The number of rotatable bonds is 0. The third-order valence-electron chi connectivity index (χ3n) is 2.44. The number of hydrogen-bond donors (Lipinski definition) is 0. The summed E-state index contributed by atoms with van der Waals surface area (Å²) < 4.78 is 62.8. The van der Waals surface area contributed by atoms with Gasteiger partial charge in [0.2, 0.25) is 17.3 Å². The summed E-state index contributed by atoms with van der Waals surface area (Å²) in [6.07, 6.45) is 0. The van der Waals surface area contributed by atoms with Crippen LogP contribution in [-0.4, -0.2) is 0 Å². The van der Waals surface area contributed by atoms with Crippen LogP contribution in [0.4, 0.5) is 17.6 Å². The first kappa shape index (κ1) is 10.9. The van der Waals surface area contributed by atoms with Crippen molar-refractivity contribution >= 4 is 0 Å². The molecule has 1 heterocycles. The summed E-state index contributed by atoms with van der Waals surface area (Å²) in [5, 5.41) is 0. The van der Waals surface area contributed by atoms with E-state index in [0.717, 1.165) is 6.07 Å². The fraction of sp³-hybridized carbons (Fsp3) is 0. The lowest BCUT2D eigenvalue weighted by molar-refractivity contribution is 0.311. The van der Waals surface area contributed by atoms with Crippen LogP contribution in [0.15, 0.2) is 24.3 Å². The van der Waals surface area contributed by atoms with Gasteiger partial charge >= 0.3 is 0 Å². The lowest BCUT2D eigenvalue weighted by Crippen LogP contribution is -2.05. The van der Waals surface area contributed by atoms with Gasteiger partial charge in [-0.15, -0.1) is 0 Å². The highest BCUT2D eigenvalue weighted by Crippen LogP contribution is 2.48. The summed E-state index contributed by atoms with van der Waals surface area (Å²) in [4.78, 5) is 0. The smallest absolute Gasteiger partial charge is 0.209 e. The Kier molecular flexibility index (Phi) is 2.19. The first-order valence-electron chi connectivity index (χ1n) is 4.89. The zero-order valence-electron chi connectivity index (χ0n) is 8.64. The molecule has 6 heteroatoms. The van der Waals surface area contributed by atoms with Crippen molar-refractivity contribution < 1.29 is 27.0 Å². The summed E-state index contributed by atoms with van der Waals surface area (Å²) in [6.45, 7) is 0. The molecule has 0 bridgehead atoms. The van der Waals surface area contributed by atoms with Crippen molar-refractivity contribution in [3.05, 3.63) is 47.5 Å². The molecule has 0 aliphatic carbocycles. The Morgan fingerprint density at radius 3 is 2.28 bits per heavy atom. The number of halogens is 4. The van der Waals surface area contributed by atoms with Crippen molar-refractivity contribution in [3.63, 3.8) is 0 Å². The molecule has 2 nitrogen and oxygen atoms in total. The standard InChI is InChI=1S/C12H4F4O2/c13-5-2-1-3-7-11(5)18-12-8(17-7)4-6(14)9(15)10(12)16/h1-4H. The van der Waals surface area contributed by atoms with Crippen LogP contribution < -0.4 is 9.47 Å². The minimum Gasteiger partial charge on any atom is -0.449 e. The Morgan fingerprint density at radius 2 is 1.50 bits per heavy atom. The van der Waals surface area contributed by atoms with Gasteiger partial charge in [-0.25, -0.2) is 13.2 Å². The number of benzene rings is 2. The second-order valence-corrected chi connectivity index (χ2v) is 3.58. The van der Waals surface area contributed by atoms with Crippen LogP contribution in [0, 0.1) is 23.3 Å². The lowest BCUT2D eigenvalue weighted by Gasteiger charge is -2.21. The predicted molar refractivity (Wildman–Crippen MR) is 52.9 cm³/mol. The predicted octanol–water partition coefficient (Wildman–Crippen LogP) is 4.14. The minimum absolute atomic E-state index is 0.0343. The van der Waals surface area contributed by atoms with Crippen LogP contribution in [-0.2, 0) is 0 Å². The highest BCUT2D eigenvalue weighted by atomic mass is 19.2. The summed E-state index contributed by atoms with van der Waals surface area (Å²) in [5.41, 5.74) is 0. The number of fused-ring (bicyclic) bond motifs is 2. The molecule has 0 unspecified atom stereocenters. The molecule has 0 fully saturated rings. The second kappa shape index (κ2) is 3.63. The fourth-order valence-electron chi connectivity index (χ4n) is 1.62. The van der Waals surface area contributed by atoms with Gasteiger partial charge in [0.1, 0.15) is 0 Å². The highest BCUT2D eigenvalue weighted by Gasteiger charge is 2.28. The molecule has 1 aliphatic heterocycles. The van der Waals surface area contributed by atoms with Crippen LogP contribution in [0.1, 0.15) is 0 Å². The van der Waals surface area contributed by atoms with Crippen LogP contribution >= 0.6 is 0 Å². The lowest BCUT2D eigenvalue weighted by atomic mass is 10.2. The molecule has 0 atom stereocenters. The van der Waals surface area contributed by atoms with Crippen molar-refractivity contribution in [3.8, 4) is 23.0 Å². The summed E-state index contributed by atoms with van der Waals surface area (Å²) in [5.74, 6) is -6.87. The van der Waals surface area contributed by atoms with Gasteiger partial charge < -0.3 is 9.47 Å². The maximum atomic E-state index is 13.4. The Morgan fingerprint density at radius 1 is 0.722 bits per heavy atom. The van der Waals surface area contributed by atoms with Crippen molar-refractivity contribution in [2.45, 2.75) is 0 Å². The SMILES string of the molecule is Fc1cc2c(c(F)c1F)Oc1c(F)cccc1O2. The maximum absolute atomic E-state index is 13.4. The van der Waals surface area contributed by atoms with E-state index in [4.69, 9.17) is 9.47 Å². The van der Waals surface area contributed by atoms with Crippen LogP contribution in [0.5, 0.6) is 23.0 Å². The summed E-state index contributed by atoms with van der Waals surface area (Å²) >= 11 is 0. The summed E-state index contributed by atoms with van der Waals surface area (Å²) in [7, 11) is 0. The van der Waals surface area contributed by atoms with E-state index in [1.165, 1.54) is 12.1 Å². The average Bonchev–Trinajstić information content (AvgIpc) is 2.35. The molecular formula is C12H4F4O2. The average molecular weight is 256 g/mol. The molecule has 92 valence electrons. The molecule has 0 saturated carbocycles. The molecule has 0 N–H and O–H groups in total. The van der Waals surface area contributed by atoms with Gasteiger partial charge in [-0.05, 0) is 12.1 Å². The van der Waals surface area contributed by atoms with E-state index in [0.29, 0.717) is 6.07 Å². The van der Waals surface area contributed by atoms with Gasteiger partial charge in [-0.2, -0.15) is 4.39 Å². The molecule has 1 aliphatic rings. The number of hydrogen-bond acceptors (Lipinski definition) is 2. The van der Waals surface area contributed by atoms with E-state index in [-0.39, 0.29) is 17.2 Å². The van der Waals surface area contributed by atoms with E-state index in [9.17, 15) is 17.6 Å². The first-order chi connectivity index (χ1) is 8.58. The zero-order chi connectivity index (χ0) is 12.9. The normalized spacial score (nSPS) is 12.2. The molecule has 0 spiro atoms. The van der Waals surface area contributed by atoms with E-state index in [1.807, 2.05) is 0 Å². The summed E-state index contributed by atoms with van der Waals surface area (Å²) in [6, 6.07) is 4.42. The zero-order valence-corrected chi connectivity index (χ0v) is 8.64. The van der Waals surface area contributed by atoms with E-state index < -0.39 is 29.0 Å². The van der Waals surface area contributed by atoms with Crippen LogP contribution in [0.3, 0.4) is 0 Å². The largest absolute Gasteiger partial charge is 0.449 e. The molecule has 2 aromatic carbocycles. The molecule has 3 rings (SSSR count). The highest BCUT2D eigenvalue weighted by molar-refractivity contribution is 5.55. The van der Waals surface area contributed by atoms with Gasteiger partial charge in [-0.1, -0.05) is 6.07 Å². The number of para-hydroxylation sites is 1.